The number of rotatable bonds is 6. The number of hydrogen-bond acceptors (Lipinski definition) is 2. The van der Waals surface area contributed by atoms with E-state index in [9.17, 15) is 0 Å². The normalized spacial score (nSPS) is 10.4. The van der Waals surface area contributed by atoms with Gasteiger partial charge in [-0.2, -0.15) is 0 Å². The van der Waals surface area contributed by atoms with Gasteiger partial charge in [0.25, 0.3) is 0 Å². The van der Waals surface area contributed by atoms with Crippen molar-refractivity contribution in [3.63, 3.8) is 0 Å². The fourth-order valence-electron chi connectivity index (χ4n) is 1.07. The maximum absolute atomic E-state index is 3.43. The summed E-state index contributed by atoms with van der Waals surface area (Å²) in [7, 11) is 0. The van der Waals surface area contributed by atoms with Crippen molar-refractivity contribution in [3.05, 3.63) is 28.7 Å². The Balaban J connectivity index is 2.15. The van der Waals surface area contributed by atoms with Gasteiger partial charge in [-0.25, -0.2) is 0 Å². The Morgan fingerprint density at radius 1 is 1.21 bits per heavy atom. The minimum absolute atomic E-state index is 1.09. The van der Waals surface area contributed by atoms with Crippen LogP contribution in [0.15, 0.2) is 33.6 Å². The summed E-state index contributed by atoms with van der Waals surface area (Å²) < 4.78 is 1.14. The Morgan fingerprint density at radius 3 is 2.57 bits per heavy atom. The molecule has 0 aromatic heterocycles. The summed E-state index contributed by atoms with van der Waals surface area (Å²) in [5.41, 5.74) is 0. The predicted octanol–water partition coefficient (Wildman–Crippen LogP) is 3.54. The molecule has 3 heteroatoms. The van der Waals surface area contributed by atoms with Crippen molar-refractivity contribution in [2.24, 2.45) is 0 Å². The minimum atomic E-state index is 1.09. The molecular weight excluding hydrogens is 258 g/mol. The highest BCUT2D eigenvalue weighted by atomic mass is 79.9. The molecule has 1 N–H and O–H groups in total. The van der Waals surface area contributed by atoms with Crippen LogP contribution in [0.25, 0.3) is 0 Å². The molecule has 1 nitrogen and oxygen atoms in total. The second kappa shape index (κ2) is 7.32. The first-order valence-electron chi connectivity index (χ1n) is 4.92. The quantitative estimate of drug-likeness (QED) is 0.629. The van der Waals surface area contributed by atoms with Crippen LogP contribution in [-0.4, -0.2) is 18.8 Å². The fraction of sp³-hybridized carbons (Fsp3) is 0.455. The van der Waals surface area contributed by atoms with Crippen LogP contribution in [0.2, 0.25) is 0 Å². The second-order valence-corrected chi connectivity index (χ2v) is 5.14. The van der Waals surface area contributed by atoms with Gasteiger partial charge >= 0.3 is 0 Å². The van der Waals surface area contributed by atoms with E-state index in [1.807, 2.05) is 11.8 Å². The zero-order valence-electron chi connectivity index (χ0n) is 8.42. The van der Waals surface area contributed by atoms with Crippen LogP contribution in [0, 0.1) is 0 Å². The van der Waals surface area contributed by atoms with Gasteiger partial charge in [0.2, 0.25) is 0 Å². The van der Waals surface area contributed by atoms with Crippen molar-refractivity contribution < 1.29 is 0 Å². The van der Waals surface area contributed by atoms with Crippen LogP contribution in [0.3, 0.4) is 0 Å². The van der Waals surface area contributed by atoms with Gasteiger partial charge in [0.1, 0.15) is 0 Å². The topological polar surface area (TPSA) is 12.0 Å². The molecule has 0 heterocycles. The van der Waals surface area contributed by atoms with Crippen LogP contribution in [-0.2, 0) is 0 Å². The van der Waals surface area contributed by atoms with E-state index in [-0.39, 0.29) is 0 Å². The maximum atomic E-state index is 3.43. The van der Waals surface area contributed by atoms with Crippen molar-refractivity contribution in [3.8, 4) is 0 Å². The van der Waals surface area contributed by atoms with Crippen molar-refractivity contribution >= 4 is 27.7 Å². The first-order chi connectivity index (χ1) is 6.83. The standard InChI is InChI=1S/C11H16BrNS/c1-2-7-13-8-9-14-11-5-3-10(12)4-6-11/h3-6,13H,2,7-9H2,1H3. The molecule has 0 aliphatic rings. The van der Waals surface area contributed by atoms with Gasteiger partial charge < -0.3 is 5.32 Å². The number of halogens is 1. The fourth-order valence-corrected chi connectivity index (χ4v) is 2.15. The summed E-state index contributed by atoms with van der Waals surface area (Å²) in [6.07, 6.45) is 1.21. The Bertz CT molecular complexity index is 248. The average molecular weight is 274 g/mol. The van der Waals surface area contributed by atoms with Gasteiger partial charge in [-0.05, 0) is 37.2 Å². The van der Waals surface area contributed by atoms with Gasteiger partial charge in [0.15, 0.2) is 0 Å². The molecule has 0 aliphatic heterocycles. The number of benzene rings is 1. The lowest BCUT2D eigenvalue weighted by Gasteiger charge is -2.03. The van der Waals surface area contributed by atoms with E-state index in [2.05, 4.69) is 52.4 Å². The van der Waals surface area contributed by atoms with Gasteiger partial charge in [-0.3, -0.25) is 0 Å². The molecule has 0 saturated heterocycles. The molecule has 0 aliphatic carbocycles. The lowest BCUT2D eigenvalue weighted by Crippen LogP contribution is -2.17. The van der Waals surface area contributed by atoms with Gasteiger partial charge in [0, 0.05) is 21.7 Å². The molecule has 0 saturated carbocycles. The molecule has 0 spiro atoms. The van der Waals surface area contributed by atoms with Gasteiger partial charge in [-0.1, -0.05) is 22.9 Å². The summed E-state index contributed by atoms with van der Waals surface area (Å²) in [6, 6.07) is 8.47. The van der Waals surface area contributed by atoms with E-state index in [1.165, 1.54) is 11.3 Å². The van der Waals surface area contributed by atoms with Crippen LogP contribution in [0.5, 0.6) is 0 Å². The zero-order chi connectivity index (χ0) is 10.2. The second-order valence-electron chi connectivity index (χ2n) is 3.05. The van der Waals surface area contributed by atoms with Crippen LogP contribution in [0.1, 0.15) is 13.3 Å². The van der Waals surface area contributed by atoms with E-state index in [0.717, 1.165) is 23.3 Å². The van der Waals surface area contributed by atoms with Crippen molar-refractivity contribution in [1.29, 1.82) is 0 Å². The highest BCUT2D eigenvalue weighted by molar-refractivity contribution is 9.10. The number of nitrogens with one attached hydrogen (secondary N) is 1. The Morgan fingerprint density at radius 2 is 1.93 bits per heavy atom. The minimum Gasteiger partial charge on any atom is -0.316 e. The van der Waals surface area contributed by atoms with Crippen LogP contribution in [0.4, 0.5) is 0 Å². The van der Waals surface area contributed by atoms with E-state index in [1.54, 1.807) is 0 Å². The summed E-state index contributed by atoms with van der Waals surface area (Å²) in [6.45, 7) is 4.41. The highest BCUT2D eigenvalue weighted by Gasteiger charge is 1.93. The third-order valence-electron chi connectivity index (χ3n) is 1.79. The van der Waals surface area contributed by atoms with Gasteiger partial charge in [0.05, 0.1) is 0 Å². The molecular formula is C11H16BrNS. The third-order valence-corrected chi connectivity index (χ3v) is 3.33. The summed E-state index contributed by atoms with van der Waals surface area (Å²) in [5, 5.41) is 3.39. The summed E-state index contributed by atoms with van der Waals surface area (Å²) in [4.78, 5) is 1.34. The molecule has 78 valence electrons. The number of hydrogen-bond donors (Lipinski definition) is 1. The summed E-state index contributed by atoms with van der Waals surface area (Å²) in [5.74, 6) is 1.14. The molecule has 0 bridgehead atoms. The predicted molar refractivity (Wildman–Crippen MR) is 68.0 cm³/mol. The number of thioether (sulfide) groups is 1. The molecule has 1 aromatic rings. The molecule has 0 unspecified atom stereocenters. The lowest BCUT2D eigenvalue weighted by atomic mass is 10.4. The zero-order valence-corrected chi connectivity index (χ0v) is 10.8. The molecule has 1 rings (SSSR count). The largest absolute Gasteiger partial charge is 0.316 e. The van der Waals surface area contributed by atoms with E-state index in [4.69, 9.17) is 0 Å². The molecule has 0 amide bonds. The highest BCUT2D eigenvalue weighted by Crippen LogP contribution is 2.19. The monoisotopic (exact) mass is 273 g/mol. The molecule has 14 heavy (non-hydrogen) atoms. The van der Waals surface area contributed by atoms with Crippen LogP contribution < -0.4 is 5.32 Å². The first-order valence-corrected chi connectivity index (χ1v) is 6.70. The van der Waals surface area contributed by atoms with Crippen LogP contribution >= 0.6 is 27.7 Å². The Kier molecular flexibility index (Phi) is 6.32. The van der Waals surface area contributed by atoms with E-state index in [0.29, 0.717) is 0 Å². The van der Waals surface area contributed by atoms with Crippen molar-refractivity contribution in [2.75, 3.05) is 18.8 Å². The first kappa shape index (κ1) is 12.1. The van der Waals surface area contributed by atoms with E-state index >= 15 is 0 Å². The maximum Gasteiger partial charge on any atom is 0.0176 e. The lowest BCUT2D eigenvalue weighted by molar-refractivity contribution is 0.707. The average Bonchev–Trinajstić information content (AvgIpc) is 2.21. The Hall–Kier alpha value is 0.01000. The third kappa shape index (κ3) is 5.03. The molecule has 0 radical (unpaired) electrons. The summed E-state index contributed by atoms with van der Waals surface area (Å²) >= 11 is 5.32. The molecule has 1 aromatic carbocycles. The van der Waals surface area contributed by atoms with Crippen molar-refractivity contribution in [1.82, 2.24) is 5.32 Å². The Labute approximate surface area is 98.8 Å². The molecule has 0 fully saturated rings. The molecule has 0 atom stereocenters. The van der Waals surface area contributed by atoms with Gasteiger partial charge in [-0.15, -0.1) is 11.8 Å². The van der Waals surface area contributed by atoms with Crippen molar-refractivity contribution in [2.45, 2.75) is 18.2 Å². The smallest absolute Gasteiger partial charge is 0.0176 e. The SMILES string of the molecule is CCCNCCSc1ccc(Br)cc1. The van der Waals surface area contributed by atoms with E-state index < -0.39 is 0 Å².